The fraction of sp³-hybridized carbons (Fsp3) is 0.357. The largest absolute Gasteiger partial charge is 0.334 e. The Morgan fingerprint density at radius 3 is 2.70 bits per heavy atom. The highest BCUT2D eigenvalue weighted by Gasteiger charge is 2.22. The van der Waals surface area contributed by atoms with E-state index in [1.165, 1.54) is 6.21 Å². The lowest BCUT2D eigenvalue weighted by molar-refractivity contribution is -0.146. The summed E-state index contributed by atoms with van der Waals surface area (Å²) in [4.78, 5) is 25.1. The van der Waals surface area contributed by atoms with E-state index >= 15 is 0 Å². The quantitative estimate of drug-likeness (QED) is 0.509. The molecule has 1 fully saturated rings. The predicted octanol–water partition coefficient (Wildman–Crippen LogP) is 1.91. The van der Waals surface area contributed by atoms with Crippen LogP contribution >= 0.6 is 15.9 Å². The zero-order valence-corrected chi connectivity index (χ0v) is 12.6. The summed E-state index contributed by atoms with van der Waals surface area (Å²) in [6.45, 7) is 1.31. The summed E-state index contributed by atoms with van der Waals surface area (Å²) in [5, 5.41) is 3.81. The summed E-state index contributed by atoms with van der Waals surface area (Å²) < 4.78 is 0.928. The van der Waals surface area contributed by atoms with Crippen LogP contribution < -0.4 is 5.43 Å². The fourth-order valence-electron chi connectivity index (χ4n) is 2.04. The van der Waals surface area contributed by atoms with E-state index in [9.17, 15) is 9.59 Å². The number of nitrogens with zero attached hydrogens (tertiary/aromatic N) is 2. The summed E-state index contributed by atoms with van der Waals surface area (Å²) in [5.74, 6) is -1.19. The van der Waals surface area contributed by atoms with Gasteiger partial charge in [0.15, 0.2) is 0 Å². The molecule has 6 heteroatoms. The SMILES string of the molecule is O=C(NN=Cc1cccc(Br)c1)C(=O)N1CCCCC1. The number of carbonyl (C=O) groups excluding carboxylic acids is 2. The normalized spacial score (nSPS) is 15.3. The summed E-state index contributed by atoms with van der Waals surface area (Å²) in [5.41, 5.74) is 3.11. The lowest BCUT2D eigenvalue weighted by Crippen LogP contribution is -2.43. The number of rotatable bonds is 2. The number of benzene rings is 1. The van der Waals surface area contributed by atoms with E-state index in [4.69, 9.17) is 0 Å². The lowest BCUT2D eigenvalue weighted by atomic mass is 10.1. The minimum atomic E-state index is -0.682. The number of likely N-dealkylation sites (tertiary alicyclic amines) is 1. The predicted molar refractivity (Wildman–Crippen MR) is 80.3 cm³/mol. The van der Waals surface area contributed by atoms with E-state index in [-0.39, 0.29) is 0 Å². The first-order chi connectivity index (χ1) is 9.66. The van der Waals surface area contributed by atoms with Crippen LogP contribution in [-0.2, 0) is 9.59 Å². The number of hydrazone groups is 1. The van der Waals surface area contributed by atoms with Crippen LogP contribution in [0.1, 0.15) is 24.8 Å². The van der Waals surface area contributed by atoms with Gasteiger partial charge in [0.05, 0.1) is 6.21 Å². The van der Waals surface area contributed by atoms with E-state index in [1.807, 2.05) is 24.3 Å². The zero-order valence-electron chi connectivity index (χ0n) is 11.0. The molecule has 1 aliphatic rings. The first-order valence-electron chi connectivity index (χ1n) is 6.55. The monoisotopic (exact) mass is 337 g/mol. The van der Waals surface area contributed by atoms with E-state index in [2.05, 4.69) is 26.5 Å². The van der Waals surface area contributed by atoms with E-state index in [0.29, 0.717) is 13.1 Å². The number of piperidine rings is 1. The Morgan fingerprint density at radius 1 is 1.25 bits per heavy atom. The highest BCUT2D eigenvalue weighted by atomic mass is 79.9. The fourth-order valence-corrected chi connectivity index (χ4v) is 2.46. The third-order valence-electron chi connectivity index (χ3n) is 3.07. The van der Waals surface area contributed by atoms with Gasteiger partial charge in [-0.05, 0) is 37.0 Å². The molecule has 1 aliphatic heterocycles. The zero-order chi connectivity index (χ0) is 14.4. The molecular formula is C14H16BrN3O2. The molecule has 5 nitrogen and oxygen atoms in total. The minimum Gasteiger partial charge on any atom is -0.334 e. The molecule has 0 bridgehead atoms. The van der Waals surface area contributed by atoms with Gasteiger partial charge in [-0.2, -0.15) is 5.10 Å². The summed E-state index contributed by atoms with van der Waals surface area (Å²) >= 11 is 3.35. The van der Waals surface area contributed by atoms with Crippen molar-refractivity contribution >= 4 is 34.0 Å². The number of hydrogen-bond acceptors (Lipinski definition) is 3. The van der Waals surface area contributed by atoms with E-state index in [1.54, 1.807) is 4.90 Å². The molecule has 2 amide bonds. The van der Waals surface area contributed by atoms with Gasteiger partial charge in [-0.1, -0.05) is 28.1 Å². The van der Waals surface area contributed by atoms with Gasteiger partial charge >= 0.3 is 11.8 Å². The highest BCUT2D eigenvalue weighted by molar-refractivity contribution is 9.10. The first kappa shape index (κ1) is 14.7. The smallest absolute Gasteiger partial charge is 0.329 e. The van der Waals surface area contributed by atoms with Crippen molar-refractivity contribution in [3.05, 3.63) is 34.3 Å². The van der Waals surface area contributed by atoms with Crippen molar-refractivity contribution in [1.29, 1.82) is 0 Å². The van der Waals surface area contributed by atoms with Crippen LogP contribution in [0.25, 0.3) is 0 Å². The Kier molecular flexibility index (Phi) is 5.29. The maximum Gasteiger partial charge on any atom is 0.329 e. The second-order valence-electron chi connectivity index (χ2n) is 4.61. The van der Waals surface area contributed by atoms with Gasteiger partial charge in [0, 0.05) is 17.6 Å². The molecule has 1 aromatic carbocycles. The van der Waals surface area contributed by atoms with Gasteiger partial charge in [0.1, 0.15) is 0 Å². The van der Waals surface area contributed by atoms with Crippen LogP contribution in [0.5, 0.6) is 0 Å². The van der Waals surface area contributed by atoms with Crippen molar-refractivity contribution in [1.82, 2.24) is 10.3 Å². The maximum atomic E-state index is 11.8. The van der Waals surface area contributed by atoms with Gasteiger partial charge in [0.2, 0.25) is 0 Å². The standard InChI is InChI=1S/C14H16BrN3O2/c15-12-6-4-5-11(9-12)10-16-17-13(19)14(20)18-7-2-1-3-8-18/h4-6,9-10H,1-3,7-8H2,(H,17,19). The van der Waals surface area contributed by atoms with Crippen molar-refractivity contribution < 1.29 is 9.59 Å². The number of halogens is 1. The molecule has 1 saturated heterocycles. The molecule has 0 aliphatic carbocycles. The summed E-state index contributed by atoms with van der Waals surface area (Å²) in [7, 11) is 0. The van der Waals surface area contributed by atoms with Crippen molar-refractivity contribution in [2.24, 2.45) is 5.10 Å². The van der Waals surface area contributed by atoms with Crippen LogP contribution in [0.15, 0.2) is 33.8 Å². The molecule has 1 aromatic rings. The van der Waals surface area contributed by atoms with Crippen molar-refractivity contribution in [3.8, 4) is 0 Å². The van der Waals surface area contributed by atoms with Gasteiger partial charge in [0.25, 0.3) is 0 Å². The molecule has 106 valence electrons. The molecule has 0 aromatic heterocycles. The Balaban J connectivity index is 1.86. The second-order valence-corrected chi connectivity index (χ2v) is 5.52. The Bertz CT molecular complexity index is 525. The second kappa shape index (κ2) is 7.19. The average Bonchev–Trinajstić information content (AvgIpc) is 2.47. The summed E-state index contributed by atoms with van der Waals surface area (Å²) in [6.07, 6.45) is 4.54. The van der Waals surface area contributed by atoms with Gasteiger partial charge in [-0.3, -0.25) is 9.59 Å². The lowest BCUT2D eigenvalue weighted by Gasteiger charge is -2.25. The Hall–Kier alpha value is -1.69. The minimum absolute atomic E-state index is 0.504. The van der Waals surface area contributed by atoms with Crippen LogP contribution in [0, 0.1) is 0 Å². The summed E-state index contributed by atoms with van der Waals surface area (Å²) in [6, 6.07) is 7.48. The molecule has 0 unspecified atom stereocenters. The van der Waals surface area contributed by atoms with E-state index < -0.39 is 11.8 Å². The van der Waals surface area contributed by atoms with Gasteiger partial charge in [-0.15, -0.1) is 0 Å². The first-order valence-corrected chi connectivity index (χ1v) is 7.34. The van der Waals surface area contributed by atoms with Crippen LogP contribution in [0.4, 0.5) is 0 Å². The number of hydrogen-bond donors (Lipinski definition) is 1. The average molecular weight is 338 g/mol. The third kappa shape index (κ3) is 4.16. The number of carbonyl (C=O) groups is 2. The van der Waals surface area contributed by atoms with E-state index in [0.717, 1.165) is 29.3 Å². The third-order valence-corrected chi connectivity index (χ3v) is 3.56. The van der Waals surface area contributed by atoms with Crippen molar-refractivity contribution in [2.45, 2.75) is 19.3 Å². The van der Waals surface area contributed by atoms with Gasteiger partial charge in [-0.25, -0.2) is 5.43 Å². The highest BCUT2D eigenvalue weighted by Crippen LogP contribution is 2.10. The molecule has 1 N–H and O–H groups in total. The molecule has 0 saturated carbocycles. The number of nitrogens with one attached hydrogen (secondary N) is 1. The van der Waals surface area contributed by atoms with Crippen LogP contribution in [-0.4, -0.2) is 36.0 Å². The Morgan fingerprint density at radius 2 is 2.00 bits per heavy atom. The van der Waals surface area contributed by atoms with Crippen LogP contribution in [0.2, 0.25) is 0 Å². The van der Waals surface area contributed by atoms with Crippen LogP contribution in [0.3, 0.4) is 0 Å². The topological polar surface area (TPSA) is 61.8 Å². The molecular weight excluding hydrogens is 322 g/mol. The molecule has 20 heavy (non-hydrogen) atoms. The van der Waals surface area contributed by atoms with Crippen molar-refractivity contribution in [2.75, 3.05) is 13.1 Å². The molecule has 0 spiro atoms. The Labute approximate surface area is 126 Å². The number of amides is 2. The maximum absolute atomic E-state index is 11.8. The molecule has 1 heterocycles. The molecule has 0 radical (unpaired) electrons. The van der Waals surface area contributed by atoms with Gasteiger partial charge < -0.3 is 4.90 Å². The molecule has 0 atom stereocenters. The molecule has 2 rings (SSSR count). The van der Waals surface area contributed by atoms with Crippen molar-refractivity contribution in [3.63, 3.8) is 0 Å².